The quantitative estimate of drug-likeness (QED) is 0.0915. The van der Waals surface area contributed by atoms with Gasteiger partial charge in [0.05, 0.1) is 43.6 Å². The first kappa shape index (κ1) is 37.5. The summed E-state index contributed by atoms with van der Waals surface area (Å²) >= 11 is 0. The number of nitrogens with one attached hydrogen (secondary N) is 1. The molecule has 3 aliphatic heterocycles. The summed E-state index contributed by atoms with van der Waals surface area (Å²) in [4.78, 5) is 12.6. The van der Waals surface area contributed by atoms with Crippen molar-refractivity contribution in [2.24, 2.45) is 22.9 Å². The molecule has 19 nitrogen and oxygen atoms in total. The molecule has 0 spiro atoms. The summed E-state index contributed by atoms with van der Waals surface area (Å²) in [5.74, 6) is -1.17. The molecule has 46 heavy (non-hydrogen) atoms. The van der Waals surface area contributed by atoms with Gasteiger partial charge in [0.1, 0.15) is 48.9 Å². The Morgan fingerprint density at radius 1 is 0.848 bits per heavy atom. The zero-order valence-electron chi connectivity index (χ0n) is 25.0. The average Bonchev–Trinajstić information content (AvgIpc) is 3.32. The van der Waals surface area contributed by atoms with Gasteiger partial charge in [0.15, 0.2) is 25.0 Å². The van der Waals surface area contributed by atoms with E-state index in [-0.39, 0.29) is 32.4 Å². The number of aliphatic hydroxyl groups is 7. The lowest BCUT2D eigenvalue weighted by Crippen LogP contribution is -2.67. The first-order valence-corrected chi connectivity index (χ1v) is 15.2. The Labute approximate surface area is 263 Å². The maximum atomic E-state index is 13.9. The van der Waals surface area contributed by atoms with Crippen molar-refractivity contribution >= 4 is 5.91 Å². The molecule has 4 rings (SSSR count). The van der Waals surface area contributed by atoms with Crippen LogP contribution in [0.5, 0.6) is 0 Å². The number of nitrogens with two attached hydrogens (primary N) is 4. The van der Waals surface area contributed by atoms with Crippen LogP contribution in [0.1, 0.15) is 19.3 Å². The summed E-state index contributed by atoms with van der Waals surface area (Å²) in [5, 5.41) is 74.8. The molecule has 4 fully saturated rings. The Balaban J connectivity index is 1.54. The summed E-state index contributed by atoms with van der Waals surface area (Å²) in [6.45, 7) is -1.59. The smallest absolute Gasteiger partial charge is 0.252 e. The second kappa shape index (κ2) is 16.4. The minimum absolute atomic E-state index is 0.0568. The van der Waals surface area contributed by atoms with Gasteiger partial charge in [0, 0.05) is 25.6 Å². The maximum Gasteiger partial charge on any atom is 0.252 e. The van der Waals surface area contributed by atoms with E-state index in [1.807, 2.05) is 0 Å². The van der Waals surface area contributed by atoms with Crippen molar-refractivity contribution in [3.8, 4) is 0 Å². The van der Waals surface area contributed by atoms with Gasteiger partial charge in [-0.3, -0.25) is 4.79 Å². The van der Waals surface area contributed by atoms with Crippen molar-refractivity contribution in [1.29, 1.82) is 0 Å². The predicted molar refractivity (Wildman–Crippen MR) is 150 cm³/mol. The minimum atomic E-state index is -2.14. The highest BCUT2D eigenvalue weighted by atomic mass is 19.1. The van der Waals surface area contributed by atoms with Crippen LogP contribution in [0.4, 0.5) is 4.39 Å². The third kappa shape index (κ3) is 8.47. The zero-order valence-corrected chi connectivity index (χ0v) is 25.0. The molecule has 1 saturated carbocycles. The SMILES string of the molecule is NC[C@@H](F)[C@H](O)C(=O)N[C@@H]1C[C@H](N)[C@@H](O[C@H]2O[C@H](CN)[C@@H](O)C[C@H]2N)[C@H](O[C@@H]2O[C@H](CO)[C@@H](O[C@@H]3C[C@@H](O)[C@H](O)CO3)[C@H]2O)[C@H]1O. The minimum Gasteiger partial charge on any atom is -0.394 e. The van der Waals surface area contributed by atoms with E-state index in [0.717, 1.165) is 0 Å². The molecule has 0 radical (unpaired) electrons. The van der Waals surface area contributed by atoms with Crippen LogP contribution < -0.4 is 28.3 Å². The number of ether oxygens (including phenoxy) is 6. The van der Waals surface area contributed by atoms with Crippen LogP contribution in [0, 0.1) is 0 Å². The lowest BCUT2D eigenvalue weighted by molar-refractivity contribution is -0.295. The fraction of sp³-hybridized carbons (Fsp3) is 0.962. The van der Waals surface area contributed by atoms with Crippen LogP contribution in [0.15, 0.2) is 0 Å². The molecule has 0 aromatic rings. The molecule has 18 atom stereocenters. The number of carbonyl (C=O) groups excluding carboxylic acids is 1. The van der Waals surface area contributed by atoms with Crippen molar-refractivity contribution < 1.29 is 73.4 Å². The summed E-state index contributed by atoms with van der Waals surface area (Å²) in [6, 6.07) is -3.12. The van der Waals surface area contributed by atoms with Crippen LogP contribution >= 0.6 is 0 Å². The molecule has 1 aliphatic carbocycles. The maximum absolute atomic E-state index is 13.9. The predicted octanol–water partition coefficient (Wildman–Crippen LogP) is -7.32. The number of rotatable bonds is 12. The number of halogens is 1. The van der Waals surface area contributed by atoms with Crippen molar-refractivity contribution in [2.75, 3.05) is 26.3 Å². The number of alkyl halides is 1. The van der Waals surface area contributed by atoms with Gasteiger partial charge in [0.2, 0.25) is 0 Å². The molecule has 0 unspecified atom stereocenters. The molecule has 3 heterocycles. The van der Waals surface area contributed by atoms with Crippen LogP contribution in [0.3, 0.4) is 0 Å². The Bertz CT molecular complexity index is 982. The molecule has 16 N–H and O–H groups in total. The van der Waals surface area contributed by atoms with Gasteiger partial charge in [-0.15, -0.1) is 0 Å². The molecule has 0 aromatic carbocycles. The molecule has 3 saturated heterocycles. The van der Waals surface area contributed by atoms with Gasteiger partial charge >= 0.3 is 0 Å². The molecule has 268 valence electrons. The monoisotopic (exact) mass is 673 g/mol. The second-order valence-electron chi connectivity index (χ2n) is 12.1. The van der Waals surface area contributed by atoms with Crippen molar-refractivity contribution in [3.63, 3.8) is 0 Å². The van der Waals surface area contributed by atoms with E-state index in [1.54, 1.807) is 0 Å². The highest BCUT2D eigenvalue weighted by Crippen LogP contribution is 2.34. The summed E-state index contributed by atoms with van der Waals surface area (Å²) in [6.07, 6.45) is -20.9. The van der Waals surface area contributed by atoms with E-state index >= 15 is 0 Å². The van der Waals surface area contributed by atoms with Crippen LogP contribution in [-0.2, 0) is 33.2 Å². The van der Waals surface area contributed by atoms with E-state index in [2.05, 4.69) is 5.32 Å². The Morgan fingerprint density at radius 3 is 2.15 bits per heavy atom. The van der Waals surface area contributed by atoms with Crippen LogP contribution in [-0.4, -0.2) is 178 Å². The summed E-state index contributed by atoms with van der Waals surface area (Å²) < 4.78 is 48.6. The van der Waals surface area contributed by atoms with E-state index < -0.39 is 129 Å². The Morgan fingerprint density at radius 2 is 1.52 bits per heavy atom. The average molecular weight is 674 g/mol. The third-order valence-electron chi connectivity index (χ3n) is 8.71. The van der Waals surface area contributed by atoms with Gasteiger partial charge in [0.25, 0.3) is 5.91 Å². The number of hydrogen-bond acceptors (Lipinski definition) is 18. The van der Waals surface area contributed by atoms with E-state index in [4.69, 9.17) is 51.4 Å². The molecule has 20 heteroatoms. The lowest BCUT2D eigenvalue weighted by atomic mass is 9.83. The molecule has 1 amide bonds. The largest absolute Gasteiger partial charge is 0.394 e. The van der Waals surface area contributed by atoms with Crippen molar-refractivity contribution in [1.82, 2.24) is 5.32 Å². The normalized spacial score (nSPS) is 46.5. The molecular formula is C26H48FN5O14. The lowest BCUT2D eigenvalue weighted by Gasteiger charge is -2.47. The van der Waals surface area contributed by atoms with Gasteiger partial charge in [-0.05, 0) is 12.8 Å². The molecule has 0 bridgehead atoms. The van der Waals surface area contributed by atoms with Crippen molar-refractivity contribution in [2.45, 2.75) is 130 Å². The molecular weight excluding hydrogens is 625 g/mol. The summed E-state index contributed by atoms with van der Waals surface area (Å²) in [5.41, 5.74) is 23.5. The fourth-order valence-corrected chi connectivity index (χ4v) is 5.98. The standard InChI is InChI=1S/C26H48FN5O14/c27-8(4-28)18(37)24(40)32-11-1-9(30)21(45-25-10(31)2-13(35)15(5-29)42-25)23(19(11)38)46-26-20(39)22(16(6-33)43-26)44-17-3-12(34)14(36)7-41-17/h8-23,25-26,33-39H,1-7,28-31H2,(H,32,40)/t8-,9+,10-,11-,12-,13+,14-,15-,16-,17-,18+,19+,20-,21-,22-,23-,25-,26+/m1/s1. The highest BCUT2D eigenvalue weighted by molar-refractivity contribution is 5.81. The topological polar surface area (TPSA) is 330 Å². The van der Waals surface area contributed by atoms with Crippen molar-refractivity contribution in [3.05, 3.63) is 0 Å². The molecule has 4 aliphatic rings. The first-order valence-electron chi connectivity index (χ1n) is 15.2. The number of amides is 1. The van der Waals surface area contributed by atoms with Gasteiger partial charge in [-0.2, -0.15) is 0 Å². The Hall–Kier alpha value is -1.28. The second-order valence-corrected chi connectivity index (χ2v) is 12.1. The van der Waals surface area contributed by atoms with E-state index in [1.165, 1.54) is 0 Å². The van der Waals surface area contributed by atoms with E-state index in [0.29, 0.717) is 0 Å². The van der Waals surface area contributed by atoms with Crippen LogP contribution in [0.25, 0.3) is 0 Å². The summed E-state index contributed by atoms with van der Waals surface area (Å²) in [7, 11) is 0. The van der Waals surface area contributed by atoms with E-state index in [9.17, 15) is 44.9 Å². The van der Waals surface area contributed by atoms with Gasteiger partial charge in [-0.1, -0.05) is 0 Å². The van der Waals surface area contributed by atoms with Crippen LogP contribution in [0.2, 0.25) is 0 Å². The fourth-order valence-electron chi connectivity index (χ4n) is 5.98. The first-order chi connectivity index (χ1) is 21.8. The number of hydrogen-bond donors (Lipinski definition) is 12. The number of carbonyl (C=O) groups is 1. The number of aliphatic hydroxyl groups excluding tert-OH is 7. The van der Waals surface area contributed by atoms with Gasteiger partial charge in [-0.25, -0.2) is 4.39 Å². The highest BCUT2D eigenvalue weighted by Gasteiger charge is 2.53. The van der Waals surface area contributed by atoms with Gasteiger partial charge < -0.3 is 92.4 Å². The molecule has 0 aromatic heterocycles. The third-order valence-corrected chi connectivity index (χ3v) is 8.71. The Kier molecular flexibility index (Phi) is 13.4. The zero-order chi connectivity index (χ0) is 33.9.